The zero-order chi connectivity index (χ0) is 22.8. The molecule has 1 aliphatic carbocycles. The first-order chi connectivity index (χ1) is 14.4. The number of rotatable bonds is 4. The zero-order valence-corrected chi connectivity index (χ0v) is 18.9. The van der Waals surface area contributed by atoms with Crippen molar-refractivity contribution in [3.63, 3.8) is 0 Å². The van der Waals surface area contributed by atoms with Gasteiger partial charge >= 0.3 is 12.1 Å². The molecule has 2 aliphatic rings. The molecular weight excluding hydrogens is 407 g/mol. The van der Waals surface area contributed by atoms with Crippen molar-refractivity contribution in [1.29, 1.82) is 0 Å². The van der Waals surface area contributed by atoms with Gasteiger partial charge in [-0.3, -0.25) is 0 Å². The normalized spacial score (nSPS) is 23.5. The van der Waals surface area contributed by atoms with E-state index in [9.17, 15) is 18.0 Å². The van der Waals surface area contributed by atoms with Crippen LogP contribution < -0.4 is 10.2 Å². The van der Waals surface area contributed by atoms with E-state index in [0.29, 0.717) is 24.1 Å². The van der Waals surface area contributed by atoms with Crippen molar-refractivity contribution >= 4 is 17.3 Å². The van der Waals surface area contributed by atoms with Crippen molar-refractivity contribution < 1.29 is 22.7 Å². The lowest BCUT2D eigenvalue weighted by molar-refractivity contribution is -0.182. The molecule has 1 saturated carbocycles. The first-order valence-electron chi connectivity index (χ1n) is 11.1. The maximum atomic E-state index is 13.0. The summed E-state index contributed by atoms with van der Waals surface area (Å²) < 4.78 is 44.6. The topological polar surface area (TPSA) is 44.8 Å². The van der Waals surface area contributed by atoms with Crippen molar-refractivity contribution in [2.24, 2.45) is 5.92 Å². The molecule has 1 saturated heterocycles. The van der Waals surface area contributed by atoms with Gasteiger partial charge in [0.05, 0.1) is 17.2 Å². The molecule has 0 atom stereocenters. The molecule has 1 heterocycles. The van der Waals surface area contributed by atoms with Gasteiger partial charge in [-0.1, -0.05) is 0 Å². The number of ether oxygens (including phenoxy) is 1. The van der Waals surface area contributed by atoms with E-state index in [2.05, 4.69) is 22.2 Å². The highest BCUT2D eigenvalue weighted by atomic mass is 19.4. The summed E-state index contributed by atoms with van der Waals surface area (Å²) in [6, 6.07) is 5.55. The summed E-state index contributed by atoms with van der Waals surface area (Å²) in [5, 5.41) is 3.37. The second-order valence-corrected chi connectivity index (χ2v) is 9.76. The molecule has 1 N–H and O–H groups in total. The summed E-state index contributed by atoms with van der Waals surface area (Å²) in [5.74, 6) is -1.66. The van der Waals surface area contributed by atoms with Crippen LogP contribution in [0.2, 0.25) is 0 Å². The highest BCUT2D eigenvalue weighted by Gasteiger charge is 2.41. The Hall–Kier alpha value is -1.96. The number of likely N-dealkylation sites (N-methyl/N-ethyl adjacent to an activating group) is 1. The lowest BCUT2D eigenvalue weighted by Crippen LogP contribution is -2.44. The lowest BCUT2D eigenvalue weighted by Gasteiger charge is -2.35. The van der Waals surface area contributed by atoms with Gasteiger partial charge in [-0.2, -0.15) is 13.2 Å². The number of halogens is 3. The van der Waals surface area contributed by atoms with Crippen molar-refractivity contribution in [2.45, 2.75) is 64.3 Å². The Morgan fingerprint density at radius 2 is 1.65 bits per heavy atom. The number of nitrogens with zero attached hydrogens (tertiary/aromatic N) is 2. The lowest BCUT2D eigenvalue weighted by atomic mass is 9.85. The van der Waals surface area contributed by atoms with Crippen LogP contribution in [0, 0.1) is 5.92 Å². The molecule has 0 spiro atoms. The third-order valence-corrected chi connectivity index (χ3v) is 6.04. The quantitative estimate of drug-likeness (QED) is 0.672. The fourth-order valence-corrected chi connectivity index (χ4v) is 4.21. The Morgan fingerprint density at radius 3 is 2.19 bits per heavy atom. The first kappa shape index (κ1) is 23.7. The molecule has 8 heteroatoms. The smallest absolute Gasteiger partial charge is 0.391 e. The Labute approximate surface area is 182 Å². The van der Waals surface area contributed by atoms with Crippen LogP contribution in [0.5, 0.6) is 0 Å². The van der Waals surface area contributed by atoms with E-state index < -0.39 is 23.7 Å². The van der Waals surface area contributed by atoms with Gasteiger partial charge in [-0.05, 0) is 71.7 Å². The molecule has 2 fully saturated rings. The van der Waals surface area contributed by atoms with Gasteiger partial charge in [0.15, 0.2) is 0 Å². The van der Waals surface area contributed by atoms with Crippen molar-refractivity contribution in [1.82, 2.24) is 4.90 Å². The predicted molar refractivity (Wildman–Crippen MR) is 117 cm³/mol. The monoisotopic (exact) mass is 441 g/mol. The number of alkyl halides is 3. The van der Waals surface area contributed by atoms with Crippen LogP contribution in [0.25, 0.3) is 0 Å². The summed E-state index contributed by atoms with van der Waals surface area (Å²) in [6.45, 7) is 9.13. The van der Waals surface area contributed by atoms with E-state index in [1.807, 2.05) is 32.9 Å². The van der Waals surface area contributed by atoms with Gasteiger partial charge in [-0.25, -0.2) is 4.79 Å². The number of carbonyl (C=O) groups excluding carboxylic acids is 1. The molecule has 0 aromatic heterocycles. The fourth-order valence-electron chi connectivity index (χ4n) is 4.21. The summed E-state index contributed by atoms with van der Waals surface area (Å²) in [6.07, 6.45) is -3.05. The number of hydrogen-bond acceptors (Lipinski definition) is 5. The highest BCUT2D eigenvalue weighted by Crippen LogP contribution is 2.39. The number of hydrogen-bond donors (Lipinski definition) is 1. The van der Waals surface area contributed by atoms with Crippen LogP contribution in [0.15, 0.2) is 18.2 Å². The van der Waals surface area contributed by atoms with E-state index in [1.54, 1.807) is 6.07 Å². The molecule has 1 aromatic rings. The Bertz CT molecular complexity index is 760. The van der Waals surface area contributed by atoms with E-state index in [-0.39, 0.29) is 18.9 Å². The van der Waals surface area contributed by atoms with Crippen LogP contribution >= 0.6 is 0 Å². The summed E-state index contributed by atoms with van der Waals surface area (Å²) in [7, 11) is 2.09. The number of anilines is 2. The van der Waals surface area contributed by atoms with Crippen LogP contribution in [0.1, 0.15) is 56.8 Å². The maximum absolute atomic E-state index is 13.0. The fraction of sp³-hybridized carbons (Fsp3) is 0.696. The summed E-state index contributed by atoms with van der Waals surface area (Å²) in [4.78, 5) is 17.3. The number of carbonyl (C=O) groups is 1. The molecule has 0 bridgehead atoms. The maximum Gasteiger partial charge on any atom is 0.391 e. The highest BCUT2D eigenvalue weighted by molar-refractivity contribution is 5.96. The molecule has 1 aliphatic heterocycles. The standard InChI is InChI=1S/C23H34F3N3O2/c1-22(2,3)31-21(30)19-10-9-18(29-13-11-28(4)12-14-29)15-20(19)27-17-7-5-16(6-8-17)23(24,25)26/h9-10,15-17,27H,5-8,11-14H2,1-4H3. The Morgan fingerprint density at radius 1 is 1.03 bits per heavy atom. The largest absolute Gasteiger partial charge is 0.456 e. The Kier molecular flexibility index (Phi) is 7.08. The van der Waals surface area contributed by atoms with E-state index in [1.165, 1.54) is 0 Å². The average molecular weight is 442 g/mol. The van der Waals surface area contributed by atoms with Gasteiger partial charge in [0.25, 0.3) is 0 Å². The number of benzene rings is 1. The predicted octanol–water partition coefficient (Wildman–Crippen LogP) is 4.93. The number of piperazine rings is 1. The van der Waals surface area contributed by atoms with Gasteiger partial charge < -0.3 is 19.9 Å². The first-order valence-corrected chi connectivity index (χ1v) is 11.1. The third-order valence-electron chi connectivity index (χ3n) is 6.04. The molecule has 3 rings (SSSR count). The molecule has 1 aromatic carbocycles. The van der Waals surface area contributed by atoms with Gasteiger partial charge in [-0.15, -0.1) is 0 Å². The zero-order valence-electron chi connectivity index (χ0n) is 18.9. The van der Waals surface area contributed by atoms with Gasteiger partial charge in [0.1, 0.15) is 5.60 Å². The summed E-state index contributed by atoms with van der Waals surface area (Å²) in [5.41, 5.74) is 1.44. The molecule has 0 unspecified atom stereocenters. The molecule has 0 radical (unpaired) electrons. The minimum Gasteiger partial charge on any atom is -0.456 e. The molecular formula is C23H34F3N3O2. The SMILES string of the molecule is CN1CCN(c2ccc(C(=O)OC(C)(C)C)c(NC3CCC(C(F)(F)F)CC3)c2)CC1. The second kappa shape index (κ2) is 9.27. The minimum absolute atomic E-state index is 0.0949. The van der Waals surface area contributed by atoms with E-state index in [0.717, 1.165) is 31.9 Å². The average Bonchev–Trinajstić information content (AvgIpc) is 2.67. The molecule has 5 nitrogen and oxygen atoms in total. The van der Waals surface area contributed by atoms with Gasteiger partial charge in [0.2, 0.25) is 0 Å². The minimum atomic E-state index is -4.13. The molecule has 0 amide bonds. The van der Waals surface area contributed by atoms with Crippen molar-refractivity contribution in [2.75, 3.05) is 43.4 Å². The van der Waals surface area contributed by atoms with Crippen molar-refractivity contribution in [3.05, 3.63) is 23.8 Å². The van der Waals surface area contributed by atoms with Gasteiger partial charge in [0, 0.05) is 37.9 Å². The van der Waals surface area contributed by atoms with Crippen molar-refractivity contribution in [3.8, 4) is 0 Å². The number of nitrogens with one attached hydrogen (secondary N) is 1. The summed E-state index contributed by atoms with van der Waals surface area (Å²) >= 11 is 0. The van der Waals surface area contributed by atoms with Crippen LogP contribution in [-0.4, -0.2) is 61.9 Å². The third kappa shape index (κ3) is 6.51. The molecule has 31 heavy (non-hydrogen) atoms. The van der Waals surface area contributed by atoms with E-state index in [4.69, 9.17) is 4.74 Å². The number of esters is 1. The van der Waals surface area contributed by atoms with Crippen LogP contribution in [-0.2, 0) is 4.74 Å². The van der Waals surface area contributed by atoms with Crippen LogP contribution in [0.3, 0.4) is 0 Å². The van der Waals surface area contributed by atoms with Crippen LogP contribution in [0.4, 0.5) is 24.5 Å². The second-order valence-electron chi connectivity index (χ2n) is 9.76. The Balaban J connectivity index is 1.79. The van der Waals surface area contributed by atoms with E-state index >= 15 is 0 Å². The molecule has 174 valence electrons.